The standard InChI is InChI=1S/C25H15N3O4S2/c29-22(16-9-5-2-6-10-16)23-21(15-7-3-1-4-8-15)26-25(34-23)27-24(30)20-14-17-13-18(28(31)32)11-12-19(17)33-20/h1-14H,(H,26,27,30). The normalized spacial score (nSPS) is 10.8. The van der Waals surface area contributed by atoms with Gasteiger partial charge in [-0.05, 0) is 12.1 Å². The van der Waals surface area contributed by atoms with Gasteiger partial charge in [0.15, 0.2) is 5.13 Å². The van der Waals surface area contributed by atoms with E-state index in [1.54, 1.807) is 36.4 Å². The van der Waals surface area contributed by atoms with Crippen LogP contribution in [-0.4, -0.2) is 21.6 Å². The molecule has 0 bridgehead atoms. The number of thiophene rings is 1. The Morgan fingerprint density at radius 2 is 1.59 bits per heavy atom. The summed E-state index contributed by atoms with van der Waals surface area (Å²) < 4.78 is 0.764. The van der Waals surface area contributed by atoms with E-state index >= 15 is 0 Å². The van der Waals surface area contributed by atoms with Gasteiger partial charge in [0, 0.05) is 33.3 Å². The molecule has 0 saturated carbocycles. The van der Waals surface area contributed by atoms with E-state index < -0.39 is 10.8 Å². The number of nitrogens with zero attached hydrogens (tertiary/aromatic N) is 2. The summed E-state index contributed by atoms with van der Waals surface area (Å²) in [5.41, 5.74) is 1.77. The largest absolute Gasteiger partial charge is 0.297 e. The van der Waals surface area contributed by atoms with Crippen molar-refractivity contribution in [2.75, 3.05) is 5.32 Å². The number of ketones is 1. The molecule has 1 N–H and O–H groups in total. The van der Waals surface area contributed by atoms with Crippen molar-refractivity contribution in [2.45, 2.75) is 0 Å². The zero-order chi connectivity index (χ0) is 23.7. The highest BCUT2D eigenvalue weighted by molar-refractivity contribution is 7.21. The van der Waals surface area contributed by atoms with Crippen LogP contribution in [0.4, 0.5) is 10.8 Å². The Bertz CT molecular complexity index is 1540. The molecule has 0 fully saturated rings. The lowest BCUT2D eigenvalue weighted by Crippen LogP contribution is -2.09. The van der Waals surface area contributed by atoms with Crippen molar-refractivity contribution >= 4 is 55.3 Å². The van der Waals surface area contributed by atoms with E-state index in [2.05, 4.69) is 10.3 Å². The summed E-state index contributed by atoms with van der Waals surface area (Å²) in [5.74, 6) is -0.567. The van der Waals surface area contributed by atoms with Gasteiger partial charge in [-0.2, -0.15) is 0 Å². The first-order valence-corrected chi connectivity index (χ1v) is 11.8. The lowest BCUT2D eigenvalue weighted by molar-refractivity contribution is -0.384. The Labute approximate surface area is 201 Å². The molecule has 0 aliphatic rings. The number of nitrogens with one attached hydrogen (secondary N) is 1. The molecule has 0 aliphatic carbocycles. The second kappa shape index (κ2) is 8.97. The predicted octanol–water partition coefficient (Wildman–Crippen LogP) is 6.42. The van der Waals surface area contributed by atoms with Crippen molar-refractivity contribution in [3.05, 3.63) is 110 Å². The molecule has 0 unspecified atom stereocenters. The topological polar surface area (TPSA) is 102 Å². The predicted molar refractivity (Wildman–Crippen MR) is 134 cm³/mol. The summed E-state index contributed by atoms with van der Waals surface area (Å²) in [6.07, 6.45) is 0. The summed E-state index contributed by atoms with van der Waals surface area (Å²) >= 11 is 2.35. The van der Waals surface area contributed by atoms with Gasteiger partial charge in [0.2, 0.25) is 5.78 Å². The molecule has 0 atom stereocenters. The number of amides is 1. The first kappa shape index (κ1) is 21.6. The highest BCUT2D eigenvalue weighted by atomic mass is 32.1. The Kier molecular flexibility index (Phi) is 5.70. The number of carbonyl (C=O) groups is 2. The zero-order valence-corrected chi connectivity index (χ0v) is 19.1. The lowest BCUT2D eigenvalue weighted by Gasteiger charge is -2.02. The molecule has 2 heterocycles. The van der Waals surface area contributed by atoms with Crippen LogP contribution in [0.3, 0.4) is 0 Å². The number of benzene rings is 3. The molecule has 0 spiro atoms. The molecule has 0 radical (unpaired) electrons. The maximum absolute atomic E-state index is 13.2. The van der Waals surface area contributed by atoms with E-state index in [1.165, 1.54) is 23.5 Å². The summed E-state index contributed by atoms with van der Waals surface area (Å²) in [5, 5.41) is 14.7. The summed E-state index contributed by atoms with van der Waals surface area (Å²) in [7, 11) is 0. The number of thiazole rings is 1. The fraction of sp³-hybridized carbons (Fsp3) is 0. The van der Waals surface area contributed by atoms with Gasteiger partial charge in [0.1, 0.15) is 4.88 Å². The Morgan fingerprint density at radius 1 is 0.882 bits per heavy atom. The fourth-order valence-corrected chi connectivity index (χ4v) is 5.34. The van der Waals surface area contributed by atoms with Crippen LogP contribution < -0.4 is 5.32 Å². The van der Waals surface area contributed by atoms with Gasteiger partial charge in [0.05, 0.1) is 15.5 Å². The highest BCUT2D eigenvalue weighted by Crippen LogP contribution is 2.34. The summed E-state index contributed by atoms with van der Waals surface area (Å²) in [6, 6.07) is 24.3. The van der Waals surface area contributed by atoms with Crippen molar-refractivity contribution in [2.24, 2.45) is 0 Å². The third-order valence-corrected chi connectivity index (χ3v) is 7.16. The molecular formula is C25H15N3O4S2. The molecule has 3 aromatic carbocycles. The van der Waals surface area contributed by atoms with E-state index in [4.69, 9.17) is 0 Å². The molecule has 5 aromatic rings. The minimum atomic E-state index is -0.469. The van der Waals surface area contributed by atoms with E-state index in [9.17, 15) is 19.7 Å². The van der Waals surface area contributed by atoms with Gasteiger partial charge in [-0.25, -0.2) is 4.98 Å². The van der Waals surface area contributed by atoms with E-state index in [-0.39, 0.29) is 11.5 Å². The third-order valence-electron chi connectivity index (χ3n) is 5.07. The first-order chi connectivity index (χ1) is 16.5. The van der Waals surface area contributed by atoms with Gasteiger partial charge >= 0.3 is 0 Å². The zero-order valence-electron chi connectivity index (χ0n) is 17.4. The Balaban J connectivity index is 1.49. The number of nitro groups is 1. The van der Waals surface area contributed by atoms with Crippen LogP contribution in [0, 0.1) is 10.1 Å². The molecule has 166 valence electrons. The highest BCUT2D eigenvalue weighted by Gasteiger charge is 2.22. The maximum atomic E-state index is 13.2. The van der Waals surface area contributed by atoms with Gasteiger partial charge < -0.3 is 0 Å². The number of rotatable bonds is 6. The quantitative estimate of drug-likeness (QED) is 0.170. The van der Waals surface area contributed by atoms with Crippen molar-refractivity contribution in [1.29, 1.82) is 0 Å². The van der Waals surface area contributed by atoms with Crippen LogP contribution in [-0.2, 0) is 0 Å². The van der Waals surface area contributed by atoms with Crippen molar-refractivity contribution in [3.63, 3.8) is 0 Å². The molecule has 34 heavy (non-hydrogen) atoms. The van der Waals surface area contributed by atoms with Gasteiger partial charge in [-0.15, -0.1) is 11.3 Å². The number of non-ortho nitro benzene ring substituents is 1. The van der Waals surface area contributed by atoms with Gasteiger partial charge in [-0.3, -0.25) is 25.0 Å². The molecule has 7 nitrogen and oxygen atoms in total. The van der Waals surface area contributed by atoms with E-state index in [0.29, 0.717) is 31.5 Å². The molecule has 1 amide bonds. The monoisotopic (exact) mass is 485 g/mol. The molecule has 2 aromatic heterocycles. The number of carbonyl (C=O) groups excluding carboxylic acids is 2. The maximum Gasteiger partial charge on any atom is 0.270 e. The van der Waals surface area contributed by atoms with Crippen LogP contribution in [0.5, 0.6) is 0 Å². The first-order valence-electron chi connectivity index (χ1n) is 10.1. The van der Waals surface area contributed by atoms with Crippen LogP contribution in [0.1, 0.15) is 24.9 Å². The summed E-state index contributed by atoms with van der Waals surface area (Å²) in [4.78, 5) is 42.1. The van der Waals surface area contributed by atoms with Gasteiger partial charge in [-0.1, -0.05) is 72.0 Å². The number of fused-ring (bicyclic) bond motifs is 1. The van der Waals surface area contributed by atoms with Crippen LogP contribution in [0.25, 0.3) is 21.3 Å². The Hall–Kier alpha value is -4.21. The van der Waals surface area contributed by atoms with E-state index in [1.807, 2.05) is 36.4 Å². The molecular weight excluding hydrogens is 470 g/mol. The van der Waals surface area contributed by atoms with Crippen molar-refractivity contribution in [3.8, 4) is 11.3 Å². The third kappa shape index (κ3) is 4.21. The average Bonchev–Trinajstić information content (AvgIpc) is 3.48. The smallest absolute Gasteiger partial charge is 0.270 e. The number of aromatic nitrogens is 1. The van der Waals surface area contributed by atoms with Crippen molar-refractivity contribution < 1.29 is 14.5 Å². The van der Waals surface area contributed by atoms with Crippen LogP contribution >= 0.6 is 22.7 Å². The van der Waals surface area contributed by atoms with E-state index in [0.717, 1.165) is 21.6 Å². The number of anilines is 1. The number of hydrogen-bond donors (Lipinski definition) is 1. The lowest BCUT2D eigenvalue weighted by atomic mass is 10.1. The second-order valence-electron chi connectivity index (χ2n) is 7.30. The minimum Gasteiger partial charge on any atom is -0.297 e. The molecule has 0 aliphatic heterocycles. The average molecular weight is 486 g/mol. The second-order valence-corrected chi connectivity index (χ2v) is 9.38. The molecule has 5 rings (SSSR count). The summed E-state index contributed by atoms with van der Waals surface area (Å²) in [6.45, 7) is 0. The number of hydrogen-bond acceptors (Lipinski definition) is 7. The van der Waals surface area contributed by atoms with Crippen LogP contribution in [0.15, 0.2) is 84.9 Å². The number of nitro benzene ring substituents is 1. The minimum absolute atomic E-state index is 0.0336. The van der Waals surface area contributed by atoms with Crippen molar-refractivity contribution in [1.82, 2.24) is 4.98 Å². The van der Waals surface area contributed by atoms with Gasteiger partial charge in [0.25, 0.3) is 11.6 Å². The van der Waals surface area contributed by atoms with Crippen LogP contribution in [0.2, 0.25) is 0 Å². The Morgan fingerprint density at radius 3 is 2.29 bits per heavy atom. The SMILES string of the molecule is O=C(Nc1nc(-c2ccccc2)c(C(=O)c2ccccc2)s1)c1cc2cc([N+](=O)[O-])ccc2s1. The molecule has 9 heteroatoms. The molecule has 0 saturated heterocycles. The fourth-order valence-electron chi connectivity index (χ4n) is 3.45.